The number of ether oxygens (including phenoxy) is 1. The van der Waals surface area contributed by atoms with Gasteiger partial charge in [0.05, 0.1) is 6.10 Å². The number of carboxylic acids is 1. The van der Waals surface area contributed by atoms with E-state index in [-0.39, 0.29) is 12.0 Å². The third-order valence-electron chi connectivity index (χ3n) is 4.98. The van der Waals surface area contributed by atoms with Crippen LogP contribution in [0.2, 0.25) is 0 Å². The molecule has 5 nitrogen and oxygen atoms in total. The highest BCUT2D eigenvalue weighted by molar-refractivity contribution is 5.87. The number of carbonyl (C=O) groups excluding carboxylic acids is 1. The van der Waals surface area contributed by atoms with E-state index >= 15 is 0 Å². The maximum atomic E-state index is 12.2. The molecule has 21 heavy (non-hydrogen) atoms. The van der Waals surface area contributed by atoms with Crippen LogP contribution in [0.4, 0.5) is 0 Å². The molecular formula is C16H27NO4. The van der Waals surface area contributed by atoms with E-state index in [2.05, 4.69) is 12.2 Å². The predicted octanol–water partition coefficient (Wildman–Crippen LogP) is 2.34. The number of carboxylic acid groups (broad SMARTS) is 1. The molecule has 2 saturated carbocycles. The first kappa shape index (κ1) is 16.3. The topological polar surface area (TPSA) is 75.6 Å². The van der Waals surface area contributed by atoms with Crippen LogP contribution in [0.25, 0.3) is 0 Å². The maximum absolute atomic E-state index is 12.2. The number of amides is 1. The van der Waals surface area contributed by atoms with E-state index in [9.17, 15) is 14.7 Å². The van der Waals surface area contributed by atoms with Crippen LogP contribution in [-0.4, -0.2) is 35.2 Å². The summed E-state index contributed by atoms with van der Waals surface area (Å²) in [5.41, 5.74) is -1.04. The average molecular weight is 297 g/mol. The molecule has 0 saturated heterocycles. The van der Waals surface area contributed by atoms with Crippen molar-refractivity contribution in [1.82, 2.24) is 5.32 Å². The molecule has 1 amide bonds. The summed E-state index contributed by atoms with van der Waals surface area (Å²) in [5, 5.41) is 12.3. The molecule has 0 aliphatic heterocycles. The van der Waals surface area contributed by atoms with E-state index in [4.69, 9.17) is 4.74 Å². The van der Waals surface area contributed by atoms with Gasteiger partial charge in [0.1, 0.15) is 5.54 Å². The minimum absolute atomic E-state index is 0.119. The van der Waals surface area contributed by atoms with Gasteiger partial charge in [0, 0.05) is 13.0 Å². The molecule has 0 spiro atoms. The van der Waals surface area contributed by atoms with Crippen molar-refractivity contribution >= 4 is 11.9 Å². The predicted molar refractivity (Wildman–Crippen MR) is 78.9 cm³/mol. The van der Waals surface area contributed by atoms with Crippen LogP contribution in [-0.2, 0) is 14.3 Å². The molecule has 2 fully saturated rings. The zero-order valence-electron chi connectivity index (χ0n) is 13.1. The highest BCUT2D eigenvalue weighted by Crippen LogP contribution is 2.35. The van der Waals surface area contributed by atoms with E-state index in [1.54, 1.807) is 0 Å². The number of hydrogen-bond donors (Lipinski definition) is 2. The van der Waals surface area contributed by atoms with Gasteiger partial charge in [0.25, 0.3) is 0 Å². The van der Waals surface area contributed by atoms with Crippen LogP contribution < -0.4 is 5.32 Å². The zero-order chi connectivity index (χ0) is 15.5. The summed E-state index contributed by atoms with van der Waals surface area (Å²) < 4.78 is 5.48. The van der Waals surface area contributed by atoms with Gasteiger partial charge in [-0.2, -0.15) is 0 Å². The second kappa shape index (κ2) is 6.77. The Morgan fingerprint density at radius 2 is 1.90 bits per heavy atom. The van der Waals surface area contributed by atoms with Gasteiger partial charge in [-0.05, 0) is 57.3 Å². The number of hydrogen-bond acceptors (Lipinski definition) is 3. The highest BCUT2D eigenvalue weighted by Gasteiger charge is 2.43. The van der Waals surface area contributed by atoms with Gasteiger partial charge >= 0.3 is 5.97 Å². The minimum atomic E-state index is -1.04. The van der Waals surface area contributed by atoms with Crippen LogP contribution >= 0.6 is 0 Å². The molecule has 0 heterocycles. The van der Waals surface area contributed by atoms with Crippen molar-refractivity contribution in [3.63, 3.8) is 0 Å². The normalized spacial score (nSPS) is 35.8. The molecule has 2 rings (SSSR count). The van der Waals surface area contributed by atoms with Gasteiger partial charge < -0.3 is 15.2 Å². The maximum Gasteiger partial charge on any atom is 0.329 e. The Hall–Kier alpha value is -1.10. The molecule has 0 aromatic carbocycles. The van der Waals surface area contributed by atoms with Crippen molar-refractivity contribution in [2.24, 2.45) is 11.8 Å². The Morgan fingerprint density at radius 1 is 1.29 bits per heavy atom. The molecule has 2 aliphatic rings. The van der Waals surface area contributed by atoms with Crippen molar-refractivity contribution in [2.45, 2.75) is 70.4 Å². The number of aliphatic carboxylic acids is 1. The molecule has 0 bridgehead atoms. The molecule has 0 radical (unpaired) electrons. The first-order valence-electron chi connectivity index (χ1n) is 8.11. The molecular weight excluding hydrogens is 270 g/mol. The Morgan fingerprint density at radius 3 is 2.43 bits per heavy atom. The highest BCUT2D eigenvalue weighted by atomic mass is 16.5. The van der Waals surface area contributed by atoms with Crippen LogP contribution in [0, 0.1) is 11.8 Å². The SMILES string of the molecule is CCOC1CC(CC(=O)NC2(C(=O)O)CCC(C)CC2)C1. The van der Waals surface area contributed by atoms with Gasteiger partial charge in [0.15, 0.2) is 0 Å². The smallest absolute Gasteiger partial charge is 0.329 e. The largest absolute Gasteiger partial charge is 0.480 e. The first-order chi connectivity index (χ1) is 9.95. The van der Waals surface area contributed by atoms with Crippen molar-refractivity contribution in [2.75, 3.05) is 6.61 Å². The summed E-state index contributed by atoms with van der Waals surface area (Å²) in [6.07, 6.45) is 5.36. The van der Waals surface area contributed by atoms with Gasteiger partial charge in [-0.15, -0.1) is 0 Å². The summed E-state index contributed by atoms with van der Waals surface area (Å²) >= 11 is 0. The molecule has 0 aromatic rings. The molecule has 0 atom stereocenters. The molecule has 5 heteroatoms. The second-order valence-electron chi connectivity index (χ2n) is 6.74. The fourth-order valence-corrected chi connectivity index (χ4v) is 3.44. The zero-order valence-corrected chi connectivity index (χ0v) is 13.1. The van der Waals surface area contributed by atoms with Crippen molar-refractivity contribution in [3.05, 3.63) is 0 Å². The lowest BCUT2D eigenvalue weighted by Crippen LogP contribution is -2.56. The number of nitrogens with one attached hydrogen (secondary N) is 1. The van der Waals surface area contributed by atoms with Crippen molar-refractivity contribution in [1.29, 1.82) is 0 Å². The van der Waals surface area contributed by atoms with E-state index in [1.165, 1.54) is 0 Å². The van der Waals surface area contributed by atoms with Crippen LogP contribution in [0.1, 0.15) is 58.8 Å². The van der Waals surface area contributed by atoms with Gasteiger partial charge in [0.2, 0.25) is 5.91 Å². The fraction of sp³-hybridized carbons (Fsp3) is 0.875. The Kier molecular flexibility index (Phi) is 5.25. The quantitative estimate of drug-likeness (QED) is 0.789. The average Bonchev–Trinajstić information content (AvgIpc) is 2.39. The summed E-state index contributed by atoms with van der Waals surface area (Å²) in [6, 6.07) is 0. The number of rotatable bonds is 6. The van der Waals surface area contributed by atoms with Crippen molar-refractivity contribution in [3.8, 4) is 0 Å². The molecule has 120 valence electrons. The van der Waals surface area contributed by atoms with E-state index in [0.717, 1.165) is 25.7 Å². The Balaban J connectivity index is 1.81. The van der Waals surface area contributed by atoms with E-state index in [1.807, 2.05) is 6.92 Å². The van der Waals surface area contributed by atoms with Gasteiger partial charge in [-0.25, -0.2) is 4.79 Å². The minimum Gasteiger partial charge on any atom is -0.480 e. The summed E-state index contributed by atoms with van der Waals surface area (Å²) in [6.45, 7) is 4.82. The first-order valence-corrected chi connectivity index (χ1v) is 8.11. The summed E-state index contributed by atoms with van der Waals surface area (Å²) in [5.74, 6) is -0.113. The second-order valence-corrected chi connectivity index (χ2v) is 6.74. The lowest BCUT2D eigenvalue weighted by molar-refractivity contribution is -0.150. The lowest BCUT2D eigenvalue weighted by atomic mass is 9.76. The molecule has 2 aliphatic carbocycles. The molecule has 0 unspecified atom stereocenters. The third kappa shape index (κ3) is 3.96. The van der Waals surface area contributed by atoms with Gasteiger partial charge in [-0.3, -0.25) is 4.79 Å². The summed E-state index contributed by atoms with van der Waals surface area (Å²) in [7, 11) is 0. The Labute approximate surface area is 126 Å². The number of carbonyl (C=O) groups is 2. The van der Waals surface area contributed by atoms with E-state index in [0.29, 0.717) is 37.7 Å². The lowest BCUT2D eigenvalue weighted by Gasteiger charge is -2.38. The molecule has 2 N–H and O–H groups in total. The summed E-state index contributed by atoms with van der Waals surface area (Å²) in [4.78, 5) is 23.7. The Bertz CT molecular complexity index is 382. The third-order valence-corrected chi connectivity index (χ3v) is 4.98. The molecule has 0 aromatic heterocycles. The monoisotopic (exact) mass is 297 g/mol. The van der Waals surface area contributed by atoms with Crippen LogP contribution in [0.5, 0.6) is 0 Å². The van der Waals surface area contributed by atoms with Gasteiger partial charge in [-0.1, -0.05) is 6.92 Å². The van der Waals surface area contributed by atoms with E-state index < -0.39 is 11.5 Å². The van der Waals surface area contributed by atoms with Crippen molar-refractivity contribution < 1.29 is 19.4 Å². The fourth-order valence-electron chi connectivity index (χ4n) is 3.44. The van der Waals surface area contributed by atoms with Crippen LogP contribution in [0.3, 0.4) is 0 Å². The standard InChI is InChI=1S/C16H27NO4/c1-3-21-13-8-12(9-13)10-14(18)17-16(15(19)20)6-4-11(2)5-7-16/h11-13H,3-10H2,1-2H3,(H,17,18)(H,19,20). The van der Waals surface area contributed by atoms with Crippen LogP contribution in [0.15, 0.2) is 0 Å².